The number of carbonyl (C=O) groups excluding carboxylic acids is 1. The van der Waals surface area contributed by atoms with Crippen LogP contribution in [0, 0.1) is 0 Å². The SMILES string of the molecule is C/C=C/C(=O)NC(C)Cc1ccc(-c2ccc(OCC)cc2)cc1. The van der Waals surface area contributed by atoms with Crippen molar-refractivity contribution in [2.45, 2.75) is 33.2 Å². The zero-order chi connectivity index (χ0) is 17.4. The zero-order valence-corrected chi connectivity index (χ0v) is 14.6. The standard InChI is InChI=1S/C21H25NO2/c1-4-6-21(23)22-16(3)15-17-7-9-18(10-8-17)19-11-13-20(14-12-19)24-5-2/h4,6-14,16H,5,15H2,1-3H3,(H,22,23)/b6-4+. The monoisotopic (exact) mass is 323 g/mol. The van der Waals surface area contributed by atoms with Gasteiger partial charge in [-0.25, -0.2) is 0 Å². The Morgan fingerprint density at radius 2 is 1.67 bits per heavy atom. The lowest BCUT2D eigenvalue weighted by Gasteiger charge is -2.13. The number of hydrogen-bond donors (Lipinski definition) is 1. The van der Waals surface area contributed by atoms with Crippen LogP contribution in [0.1, 0.15) is 26.3 Å². The maximum absolute atomic E-state index is 11.5. The van der Waals surface area contributed by atoms with Crippen molar-refractivity contribution in [1.82, 2.24) is 5.32 Å². The van der Waals surface area contributed by atoms with Crippen molar-refractivity contribution >= 4 is 5.91 Å². The molecule has 126 valence electrons. The molecule has 1 atom stereocenters. The molecule has 2 aromatic rings. The van der Waals surface area contributed by atoms with Gasteiger partial charge in [-0.2, -0.15) is 0 Å². The Morgan fingerprint density at radius 3 is 2.21 bits per heavy atom. The van der Waals surface area contributed by atoms with Crippen LogP contribution in [0.5, 0.6) is 5.75 Å². The van der Waals surface area contributed by atoms with Gasteiger partial charge in [0.1, 0.15) is 5.75 Å². The minimum absolute atomic E-state index is 0.0454. The molecule has 0 aliphatic rings. The van der Waals surface area contributed by atoms with Crippen molar-refractivity contribution < 1.29 is 9.53 Å². The van der Waals surface area contributed by atoms with E-state index in [1.54, 1.807) is 12.2 Å². The minimum Gasteiger partial charge on any atom is -0.494 e. The van der Waals surface area contributed by atoms with E-state index in [0.29, 0.717) is 6.61 Å². The molecule has 3 nitrogen and oxygen atoms in total. The molecule has 0 bridgehead atoms. The third-order valence-corrected chi connectivity index (χ3v) is 3.70. The molecule has 1 N–H and O–H groups in total. The second kappa shape index (κ2) is 8.92. The van der Waals surface area contributed by atoms with Crippen LogP contribution in [0.2, 0.25) is 0 Å². The van der Waals surface area contributed by atoms with Crippen LogP contribution < -0.4 is 10.1 Å². The van der Waals surface area contributed by atoms with Gasteiger partial charge in [-0.15, -0.1) is 0 Å². The van der Waals surface area contributed by atoms with Crippen molar-refractivity contribution in [2.24, 2.45) is 0 Å². The molecule has 1 amide bonds. The van der Waals surface area contributed by atoms with Crippen LogP contribution in [-0.4, -0.2) is 18.6 Å². The number of hydrogen-bond acceptors (Lipinski definition) is 2. The molecule has 1 unspecified atom stereocenters. The van der Waals surface area contributed by atoms with Crippen LogP contribution in [0.3, 0.4) is 0 Å². The first kappa shape index (κ1) is 17.8. The Kier molecular flexibility index (Phi) is 6.62. The number of allylic oxidation sites excluding steroid dienone is 1. The average molecular weight is 323 g/mol. The van der Waals surface area contributed by atoms with Gasteiger partial charge in [-0.1, -0.05) is 42.5 Å². The van der Waals surface area contributed by atoms with Gasteiger partial charge in [0.25, 0.3) is 0 Å². The summed E-state index contributed by atoms with van der Waals surface area (Å²) in [6.07, 6.45) is 4.10. The summed E-state index contributed by atoms with van der Waals surface area (Å²) in [5.41, 5.74) is 3.55. The Morgan fingerprint density at radius 1 is 1.08 bits per heavy atom. The van der Waals surface area contributed by atoms with Gasteiger partial charge in [0, 0.05) is 6.04 Å². The fraction of sp³-hybridized carbons (Fsp3) is 0.286. The number of amides is 1. The van der Waals surface area contributed by atoms with E-state index in [0.717, 1.165) is 12.2 Å². The Labute approximate surface area is 144 Å². The summed E-state index contributed by atoms with van der Waals surface area (Å²) in [6, 6.07) is 16.7. The van der Waals surface area contributed by atoms with Crippen molar-refractivity contribution in [1.29, 1.82) is 0 Å². The topological polar surface area (TPSA) is 38.3 Å². The highest BCUT2D eigenvalue weighted by Crippen LogP contribution is 2.23. The predicted molar refractivity (Wildman–Crippen MR) is 99.2 cm³/mol. The molecule has 0 fully saturated rings. The molecule has 0 heterocycles. The van der Waals surface area contributed by atoms with Crippen molar-refractivity contribution in [3.63, 3.8) is 0 Å². The van der Waals surface area contributed by atoms with E-state index in [-0.39, 0.29) is 11.9 Å². The lowest BCUT2D eigenvalue weighted by Crippen LogP contribution is -2.32. The van der Waals surface area contributed by atoms with Crippen molar-refractivity contribution in [2.75, 3.05) is 6.61 Å². The molecule has 0 spiro atoms. The third kappa shape index (κ3) is 5.27. The number of carbonyl (C=O) groups is 1. The highest BCUT2D eigenvalue weighted by atomic mass is 16.5. The summed E-state index contributed by atoms with van der Waals surface area (Å²) >= 11 is 0. The van der Waals surface area contributed by atoms with Crippen LogP contribution in [-0.2, 0) is 11.2 Å². The minimum atomic E-state index is -0.0454. The molecule has 0 saturated heterocycles. The molecule has 2 aromatic carbocycles. The largest absolute Gasteiger partial charge is 0.494 e. The smallest absolute Gasteiger partial charge is 0.243 e. The van der Waals surface area contributed by atoms with Crippen LogP contribution in [0.25, 0.3) is 11.1 Å². The first-order valence-electron chi connectivity index (χ1n) is 8.37. The first-order valence-corrected chi connectivity index (χ1v) is 8.37. The zero-order valence-electron chi connectivity index (χ0n) is 14.6. The molecule has 0 aliphatic carbocycles. The van der Waals surface area contributed by atoms with Crippen LogP contribution in [0.15, 0.2) is 60.7 Å². The maximum atomic E-state index is 11.5. The van der Waals surface area contributed by atoms with Gasteiger partial charge in [0.05, 0.1) is 6.61 Å². The molecule has 3 heteroatoms. The number of nitrogens with one attached hydrogen (secondary N) is 1. The summed E-state index contributed by atoms with van der Waals surface area (Å²) in [5, 5.41) is 2.95. The molecule has 0 aliphatic heterocycles. The fourth-order valence-electron chi connectivity index (χ4n) is 2.59. The van der Waals surface area contributed by atoms with Gasteiger partial charge in [0.2, 0.25) is 5.91 Å². The average Bonchev–Trinajstić information content (AvgIpc) is 2.57. The van der Waals surface area contributed by atoms with E-state index < -0.39 is 0 Å². The summed E-state index contributed by atoms with van der Waals surface area (Å²) in [7, 11) is 0. The lowest BCUT2D eigenvalue weighted by molar-refractivity contribution is -0.117. The number of benzene rings is 2. The van der Waals surface area contributed by atoms with Gasteiger partial charge >= 0.3 is 0 Å². The Balaban J connectivity index is 1.98. The summed E-state index contributed by atoms with van der Waals surface area (Å²) in [5.74, 6) is 0.847. The van der Waals surface area contributed by atoms with Crippen molar-refractivity contribution in [3.05, 3.63) is 66.2 Å². The summed E-state index contributed by atoms with van der Waals surface area (Å²) in [6.45, 7) is 6.51. The van der Waals surface area contributed by atoms with E-state index in [9.17, 15) is 4.79 Å². The van der Waals surface area contributed by atoms with Gasteiger partial charge in [0.15, 0.2) is 0 Å². The molecular weight excluding hydrogens is 298 g/mol. The van der Waals surface area contributed by atoms with Crippen LogP contribution >= 0.6 is 0 Å². The summed E-state index contributed by atoms with van der Waals surface area (Å²) in [4.78, 5) is 11.5. The fourth-order valence-corrected chi connectivity index (χ4v) is 2.59. The van der Waals surface area contributed by atoms with E-state index in [1.165, 1.54) is 16.7 Å². The second-order valence-electron chi connectivity index (χ2n) is 5.77. The Hall–Kier alpha value is -2.55. The highest BCUT2D eigenvalue weighted by molar-refractivity contribution is 5.87. The van der Waals surface area contributed by atoms with E-state index in [4.69, 9.17) is 4.74 Å². The number of ether oxygens (including phenoxy) is 1. The lowest BCUT2D eigenvalue weighted by atomic mass is 10.0. The molecule has 2 rings (SSSR count). The second-order valence-corrected chi connectivity index (χ2v) is 5.77. The molecule has 0 saturated carbocycles. The molecule has 24 heavy (non-hydrogen) atoms. The third-order valence-electron chi connectivity index (χ3n) is 3.70. The van der Waals surface area contributed by atoms with Gasteiger partial charge in [-0.3, -0.25) is 4.79 Å². The highest BCUT2D eigenvalue weighted by Gasteiger charge is 2.06. The normalized spacial score (nSPS) is 12.1. The van der Waals surface area contributed by atoms with Crippen molar-refractivity contribution in [3.8, 4) is 16.9 Å². The number of rotatable bonds is 7. The Bertz CT molecular complexity index is 672. The quantitative estimate of drug-likeness (QED) is 0.768. The first-order chi connectivity index (χ1) is 11.6. The van der Waals surface area contributed by atoms with Gasteiger partial charge in [-0.05, 0) is 62.1 Å². The molecule has 0 radical (unpaired) electrons. The van der Waals surface area contributed by atoms with E-state index >= 15 is 0 Å². The summed E-state index contributed by atoms with van der Waals surface area (Å²) < 4.78 is 5.47. The van der Waals surface area contributed by atoms with E-state index in [2.05, 4.69) is 41.7 Å². The molecular formula is C21H25NO2. The maximum Gasteiger partial charge on any atom is 0.243 e. The van der Waals surface area contributed by atoms with Crippen LogP contribution in [0.4, 0.5) is 0 Å². The predicted octanol–water partition coefficient (Wildman–Crippen LogP) is 4.38. The van der Waals surface area contributed by atoms with Gasteiger partial charge < -0.3 is 10.1 Å². The van der Waals surface area contributed by atoms with E-state index in [1.807, 2.05) is 32.9 Å². The molecule has 0 aromatic heterocycles.